The molecular weight excluding hydrogens is 128 g/mol. The third-order valence-corrected chi connectivity index (χ3v) is 1.11. The van der Waals surface area contributed by atoms with E-state index in [-0.39, 0.29) is 0 Å². The van der Waals surface area contributed by atoms with Crippen molar-refractivity contribution in [1.29, 1.82) is 0 Å². The fourth-order valence-electron chi connectivity index (χ4n) is 0.690. The van der Waals surface area contributed by atoms with Crippen molar-refractivity contribution < 1.29 is 4.74 Å². The van der Waals surface area contributed by atoms with E-state index < -0.39 is 0 Å². The third-order valence-electron chi connectivity index (χ3n) is 1.11. The summed E-state index contributed by atoms with van der Waals surface area (Å²) < 4.78 is 4.98. The fourth-order valence-corrected chi connectivity index (χ4v) is 0.690. The van der Waals surface area contributed by atoms with Crippen LogP contribution >= 0.6 is 0 Å². The van der Waals surface area contributed by atoms with E-state index in [1.165, 1.54) is 0 Å². The predicted molar refractivity (Wildman–Crippen MR) is 41.2 cm³/mol. The number of nitrogens with zero attached hydrogens (tertiary/aromatic N) is 2. The number of aliphatic imine (C=N–C) groups is 2. The van der Waals surface area contributed by atoms with Crippen LogP contribution in [0.15, 0.2) is 34.1 Å². The molecule has 0 spiro atoms. The van der Waals surface area contributed by atoms with Crippen molar-refractivity contribution in [3.63, 3.8) is 0 Å². The molecule has 0 unspecified atom stereocenters. The van der Waals surface area contributed by atoms with Gasteiger partial charge in [0.25, 0.3) is 0 Å². The molecule has 0 saturated heterocycles. The first-order valence-electron chi connectivity index (χ1n) is 2.85. The molecule has 1 heterocycles. The number of rotatable bonds is 1. The van der Waals surface area contributed by atoms with E-state index in [1.54, 1.807) is 25.6 Å². The number of hydrogen-bond acceptors (Lipinski definition) is 3. The lowest BCUT2D eigenvalue weighted by atomic mass is 10.3. The van der Waals surface area contributed by atoms with Crippen LogP contribution in [0, 0.1) is 0 Å². The van der Waals surface area contributed by atoms with Gasteiger partial charge in [-0.15, -0.1) is 0 Å². The van der Waals surface area contributed by atoms with Gasteiger partial charge >= 0.3 is 0 Å². The Hall–Kier alpha value is -1.38. The van der Waals surface area contributed by atoms with Crippen LogP contribution in [0.25, 0.3) is 0 Å². The lowest BCUT2D eigenvalue weighted by Gasteiger charge is -1.93. The third kappa shape index (κ3) is 1.13. The zero-order valence-corrected chi connectivity index (χ0v) is 5.74. The van der Waals surface area contributed by atoms with E-state index in [4.69, 9.17) is 4.74 Å². The topological polar surface area (TPSA) is 34.0 Å². The molecule has 3 nitrogen and oxygen atoms in total. The smallest absolute Gasteiger partial charge is 0.222 e. The minimum absolute atomic E-state index is 0.590. The Morgan fingerprint density at radius 2 is 2.50 bits per heavy atom. The Morgan fingerprint density at radius 3 is 3.10 bits per heavy atom. The second kappa shape index (κ2) is 2.96. The van der Waals surface area contributed by atoms with Gasteiger partial charge in [-0.3, -0.25) is 9.98 Å². The van der Waals surface area contributed by atoms with Crippen LogP contribution in [0.4, 0.5) is 0 Å². The largest absolute Gasteiger partial charge is 0.446 e. The van der Waals surface area contributed by atoms with Crippen molar-refractivity contribution >= 4 is 12.6 Å². The molecule has 3 heteroatoms. The van der Waals surface area contributed by atoms with E-state index in [0.717, 1.165) is 5.57 Å². The maximum absolute atomic E-state index is 4.98. The van der Waals surface area contributed by atoms with Gasteiger partial charge in [0.05, 0.1) is 11.8 Å². The lowest BCUT2D eigenvalue weighted by molar-refractivity contribution is 0.486. The molecule has 0 aliphatic carbocycles. The molecule has 52 valence electrons. The molecule has 0 fully saturated rings. The normalized spacial score (nSPS) is 23.7. The molecule has 10 heavy (non-hydrogen) atoms. The van der Waals surface area contributed by atoms with Crippen molar-refractivity contribution in [1.82, 2.24) is 0 Å². The summed E-state index contributed by atoms with van der Waals surface area (Å²) in [6.07, 6.45) is 4.96. The van der Waals surface area contributed by atoms with Crippen molar-refractivity contribution in [3.05, 3.63) is 24.1 Å². The highest BCUT2D eigenvalue weighted by atomic mass is 16.5. The van der Waals surface area contributed by atoms with Gasteiger partial charge in [-0.05, 0) is 12.8 Å². The Labute approximate surface area is 59.4 Å². The van der Waals surface area contributed by atoms with Crippen LogP contribution in [0.1, 0.15) is 0 Å². The first kappa shape index (κ1) is 6.74. The van der Waals surface area contributed by atoms with Gasteiger partial charge in [0.2, 0.25) is 5.90 Å². The molecule has 0 saturated carbocycles. The molecular formula is C7H8N2O. The van der Waals surface area contributed by atoms with Crippen LogP contribution in [-0.2, 0) is 4.74 Å². The Balaban J connectivity index is 2.86. The Kier molecular flexibility index (Phi) is 1.99. The van der Waals surface area contributed by atoms with Gasteiger partial charge in [-0.25, -0.2) is 0 Å². The molecule has 0 aromatic heterocycles. The molecule has 1 aliphatic heterocycles. The Bertz CT molecular complexity index is 226. The lowest BCUT2D eigenvalue weighted by Crippen LogP contribution is -1.95. The van der Waals surface area contributed by atoms with Crippen LogP contribution in [-0.4, -0.2) is 19.7 Å². The maximum atomic E-state index is 4.98. The summed E-state index contributed by atoms with van der Waals surface area (Å²) in [5.41, 5.74) is 0.859. The first-order valence-corrected chi connectivity index (χ1v) is 2.85. The van der Waals surface area contributed by atoms with Gasteiger partial charge in [-0.2, -0.15) is 0 Å². The van der Waals surface area contributed by atoms with Gasteiger partial charge in [-0.1, -0.05) is 0 Å². The molecule has 1 rings (SSSR count). The summed E-state index contributed by atoms with van der Waals surface area (Å²) in [6, 6.07) is 0. The van der Waals surface area contributed by atoms with E-state index in [9.17, 15) is 0 Å². The van der Waals surface area contributed by atoms with Crippen LogP contribution < -0.4 is 0 Å². The van der Waals surface area contributed by atoms with E-state index in [1.807, 2.05) is 0 Å². The van der Waals surface area contributed by atoms with Gasteiger partial charge in [0.1, 0.15) is 0 Å². The second-order valence-electron chi connectivity index (χ2n) is 1.72. The van der Waals surface area contributed by atoms with Crippen molar-refractivity contribution in [3.8, 4) is 0 Å². The number of hydrogen-bond donors (Lipinski definition) is 0. The van der Waals surface area contributed by atoms with Gasteiger partial charge in [0.15, 0.2) is 0 Å². The minimum Gasteiger partial charge on any atom is -0.446 e. The van der Waals surface area contributed by atoms with Crippen LogP contribution in [0.5, 0.6) is 0 Å². The molecule has 0 radical (unpaired) electrons. The zero-order chi connectivity index (χ0) is 7.40. The second-order valence-corrected chi connectivity index (χ2v) is 1.72. The van der Waals surface area contributed by atoms with Crippen molar-refractivity contribution in [2.45, 2.75) is 0 Å². The molecule has 0 atom stereocenters. The highest BCUT2D eigenvalue weighted by Crippen LogP contribution is 2.09. The quantitative estimate of drug-likeness (QED) is 0.498. The highest BCUT2D eigenvalue weighted by Gasteiger charge is 2.08. The average Bonchev–Trinajstić information content (AvgIpc) is 2.36. The summed E-state index contributed by atoms with van der Waals surface area (Å²) >= 11 is 0. The van der Waals surface area contributed by atoms with E-state index in [0.29, 0.717) is 5.90 Å². The standard InChI is InChI=1S/C7H8N2O/c1-8-5-6-3-4-10-7(6)9-2/h3-5H,1H2,2H3/b6-5-,9-7+. The molecule has 0 aromatic carbocycles. The maximum Gasteiger partial charge on any atom is 0.222 e. The zero-order valence-electron chi connectivity index (χ0n) is 5.74. The summed E-state index contributed by atoms with van der Waals surface area (Å²) in [6.45, 7) is 3.32. The molecule has 1 aliphatic rings. The predicted octanol–water partition coefficient (Wildman–Crippen LogP) is 1.14. The van der Waals surface area contributed by atoms with E-state index >= 15 is 0 Å². The van der Waals surface area contributed by atoms with Crippen LogP contribution in [0.2, 0.25) is 0 Å². The Morgan fingerprint density at radius 1 is 1.70 bits per heavy atom. The fraction of sp³-hybridized carbons (Fsp3) is 0.143. The first-order chi connectivity index (χ1) is 4.88. The summed E-state index contributed by atoms with van der Waals surface area (Å²) in [5, 5.41) is 0. The van der Waals surface area contributed by atoms with Crippen molar-refractivity contribution in [2.75, 3.05) is 7.05 Å². The highest BCUT2D eigenvalue weighted by molar-refractivity contribution is 5.98. The minimum atomic E-state index is 0.590. The molecule has 0 N–H and O–H groups in total. The monoisotopic (exact) mass is 136 g/mol. The van der Waals surface area contributed by atoms with E-state index in [2.05, 4.69) is 16.7 Å². The molecule has 0 aromatic rings. The van der Waals surface area contributed by atoms with Gasteiger partial charge < -0.3 is 4.74 Å². The summed E-state index contributed by atoms with van der Waals surface area (Å²) in [7, 11) is 1.67. The summed E-state index contributed by atoms with van der Waals surface area (Å²) in [4.78, 5) is 7.46. The molecule has 0 bridgehead atoms. The SMILES string of the molecule is C=N/C=C1/C=CO/C1=N/C. The van der Waals surface area contributed by atoms with Crippen molar-refractivity contribution in [2.24, 2.45) is 9.98 Å². The summed E-state index contributed by atoms with van der Waals surface area (Å²) in [5.74, 6) is 0.590. The average molecular weight is 136 g/mol. The van der Waals surface area contributed by atoms with Crippen LogP contribution in [0.3, 0.4) is 0 Å². The number of ether oxygens (including phenoxy) is 1. The molecule has 0 amide bonds. The van der Waals surface area contributed by atoms with Gasteiger partial charge in [0, 0.05) is 13.2 Å².